The number of rotatable bonds is 1. The van der Waals surface area contributed by atoms with Gasteiger partial charge in [0, 0.05) is 29.7 Å². The lowest BCUT2D eigenvalue weighted by molar-refractivity contribution is -0.0138. The summed E-state index contributed by atoms with van der Waals surface area (Å²) in [5, 5.41) is 8.37. The fraction of sp³-hybridized carbons (Fsp3) is 0.250. The van der Waals surface area contributed by atoms with Gasteiger partial charge in [-0.1, -0.05) is 40.6 Å². The van der Waals surface area contributed by atoms with Gasteiger partial charge in [0.15, 0.2) is 5.60 Å². The summed E-state index contributed by atoms with van der Waals surface area (Å²) in [5.74, 6) is 6.16. The number of aromatic nitrogens is 1. The van der Waals surface area contributed by atoms with Crippen LogP contribution in [0.15, 0.2) is 52.8 Å². The Hall–Kier alpha value is -3.13. The van der Waals surface area contributed by atoms with Gasteiger partial charge in [-0.2, -0.15) is 0 Å². The number of hydrogen-bond acceptors (Lipinski definition) is 5. The first kappa shape index (κ1) is 15.4. The molecule has 1 unspecified atom stereocenters. The van der Waals surface area contributed by atoms with E-state index in [9.17, 15) is 0 Å². The lowest BCUT2D eigenvalue weighted by atomic mass is 9.91. The number of nitrogens with zero attached hydrogens (tertiary/aromatic N) is 3. The van der Waals surface area contributed by atoms with Crippen molar-refractivity contribution in [3.63, 3.8) is 0 Å². The van der Waals surface area contributed by atoms with Crippen LogP contribution in [-0.4, -0.2) is 23.5 Å². The van der Waals surface area contributed by atoms with Crippen LogP contribution in [0.5, 0.6) is 0 Å². The molecule has 1 aliphatic carbocycles. The molecule has 25 heavy (non-hydrogen) atoms. The lowest BCUT2D eigenvalue weighted by Crippen LogP contribution is -2.23. The summed E-state index contributed by atoms with van der Waals surface area (Å²) in [6, 6.07) is 13.9. The maximum Gasteiger partial charge on any atom is 0.175 e. The quantitative estimate of drug-likeness (QED) is 0.596. The first-order valence-electron chi connectivity index (χ1n) is 8.11. The third kappa shape index (κ3) is 2.76. The predicted octanol–water partition coefficient (Wildman–Crippen LogP) is 3.17. The van der Waals surface area contributed by atoms with Crippen LogP contribution < -0.4 is 0 Å². The van der Waals surface area contributed by atoms with Gasteiger partial charge in [-0.05, 0) is 30.9 Å². The van der Waals surface area contributed by atoms with E-state index in [0.29, 0.717) is 12.8 Å². The van der Waals surface area contributed by atoms with E-state index in [1.165, 1.54) is 0 Å². The fourth-order valence-corrected chi connectivity index (χ4v) is 3.32. The van der Waals surface area contributed by atoms with Gasteiger partial charge in [0.2, 0.25) is 0 Å². The molecule has 1 aliphatic heterocycles. The number of pyridine rings is 1. The Balaban J connectivity index is 1.61. The van der Waals surface area contributed by atoms with Crippen molar-refractivity contribution >= 4 is 11.4 Å². The van der Waals surface area contributed by atoms with E-state index in [2.05, 4.69) is 33.2 Å². The van der Waals surface area contributed by atoms with Crippen molar-refractivity contribution in [2.75, 3.05) is 7.11 Å². The minimum atomic E-state index is -0.530. The van der Waals surface area contributed by atoms with Crippen LogP contribution in [0.2, 0.25) is 0 Å². The Morgan fingerprint density at radius 1 is 1.12 bits per heavy atom. The summed E-state index contributed by atoms with van der Waals surface area (Å²) in [6.45, 7) is 1.95. The zero-order valence-electron chi connectivity index (χ0n) is 14.1. The van der Waals surface area contributed by atoms with Gasteiger partial charge in [0.05, 0.1) is 5.71 Å². The van der Waals surface area contributed by atoms with Crippen molar-refractivity contribution in [2.24, 2.45) is 10.3 Å². The Bertz CT molecular complexity index is 953. The molecule has 0 saturated heterocycles. The average Bonchev–Trinajstić information content (AvgIpc) is 3.17. The molecule has 1 atom stereocenters. The molecule has 2 heterocycles. The molecule has 1 aromatic carbocycles. The molecule has 0 N–H and O–H groups in total. The van der Waals surface area contributed by atoms with E-state index >= 15 is 0 Å². The zero-order valence-corrected chi connectivity index (χ0v) is 14.1. The topological polar surface area (TPSA) is 56.1 Å². The molecule has 0 amide bonds. The third-order valence-corrected chi connectivity index (χ3v) is 4.39. The monoisotopic (exact) mass is 331 g/mol. The smallest absolute Gasteiger partial charge is 0.175 e. The van der Waals surface area contributed by atoms with Crippen molar-refractivity contribution in [1.82, 2.24) is 4.98 Å². The number of oxime groups is 2. The number of fused-ring (bicyclic) bond motifs is 2. The van der Waals surface area contributed by atoms with E-state index < -0.39 is 5.60 Å². The molecular weight excluding hydrogens is 314 g/mol. The van der Waals surface area contributed by atoms with Crippen LogP contribution in [0, 0.1) is 18.8 Å². The second-order valence-electron chi connectivity index (χ2n) is 6.16. The minimum absolute atomic E-state index is 0.530. The Kier molecular flexibility index (Phi) is 3.73. The zero-order chi connectivity index (χ0) is 17.3. The normalized spacial score (nSPS) is 22.2. The highest BCUT2D eigenvalue weighted by Gasteiger charge is 2.48. The standard InChI is InChI=1S/C20H17N3O2/c1-14-6-5-7-15(21-14)10-11-16-12-20(25-22-16)13-19(23-24-2)17-8-3-4-9-18(17)20/h3-9H,12-13H2,1-2H3. The van der Waals surface area contributed by atoms with E-state index in [-0.39, 0.29) is 0 Å². The van der Waals surface area contributed by atoms with Gasteiger partial charge in [-0.3, -0.25) is 0 Å². The van der Waals surface area contributed by atoms with E-state index in [1.54, 1.807) is 7.11 Å². The summed E-state index contributed by atoms with van der Waals surface area (Å²) >= 11 is 0. The molecule has 0 saturated carbocycles. The number of benzene rings is 1. The molecule has 2 aliphatic rings. The summed E-state index contributed by atoms with van der Waals surface area (Å²) in [4.78, 5) is 15.2. The molecule has 1 spiro atoms. The van der Waals surface area contributed by atoms with Gasteiger partial charge in [0.25, 0.3) is 0 Å². The number of aryl methyl sites for hydroxylation is 1. The first-order valence-corrected chi connectivity index (χ1v) is 8.11. The highest BCUT2D eigenvalue weighted by atomic mass is 16.7. The van der Waals surface area contributed by atoms with Crippen LogP contribution in [0.25, 0.3) is 0 Å². The SMILES string of the molecule is CON=C1CC2(CC(C#Cc3cccc(C)n3)=NO2)c2ccccc21. The molecule has 4 rings (SSSR count). The van der Waals surface area contributed by atoms with Gasteiger partial charge < -0.3 is 9.68 Å². The van der Waals surface area contributed by atoms with Crippen LogP contribution in [-0.2, 0) is 15.3 Å². The molecular formula is C20H17N3O2. The molecule has 124 valence electrons. The number of hydrogen-bond donors (Lipinski definition) is 0. The van der Waals surface area contributed by atoms with Gasteiger partial charge in [0.1, 0.15) is 18.5 Å². The van der Waals surface area contributed by atoms with Crippen molar-refractivity contribution in [3.05, 3.63) is 65.0 Å². The molecule has 0 radical (unpaired) electrons. The molecule has 2 aromatic rings. The Morgan fingerprint density at radius 2 is 2.00 bits per heavy atom. The maximum absolute atomic E-state index is 5.86. The lowest BCUT2D eigenvalue weighted by Gasteiger charge is -2.20. The molecule has 5 heteroatoms. The van der Waals surface area contributed by atoms with Crippen molar-refractivity contribution in [3.8, 4) is 11.8 Å². The molecule has 5 nitrogen and oxygen atoms in total. The molecule has 0 bridgehead atoms. The van der Waals surface area contributed by atoms with Gasteiger partial charge >= 0.3 is 0 Å². The Labute approximate surface area is 146 Å². The van der Waals surface area contributed by atoms with Crippen molar-refractivity contribution in [2.45, 2.75) is 25.4 Å². The van der Waals surface area contributed by atoms with Crippen LogP contribution >= 0.6 is 0 Å². The van der Waals surface area contributed by atoms with E-state index in [0.717, 1.165) is 33.9 Å². The summed E-state index contributed by atoms with van der Waals surface area (Å²) in [6.07, 6.45) is 1.24. The van der Waals surface area contributed by atoms with Crippen LogP contribution in [0.4, 0.5) is 0 Å². The highest BCUT2D eigenvalue weighted by Crippen LogP contribution is 2.45. The third-order valence-electron chi connectivity index (χ3n) is 4.39. The van der Waals surface area contributed by atoms with Crippen LogP contribution in [0.3, 0.4) is 0 Å². The largest absolute Gasteiger partial charge is 0.399 e. The fourth-order valence-electron chi connectivity index (χ4n) is 3.32. The van der Waals surface area contributed by atoms with Crippen molar-refractivity contribution < 1.29 is 9.68 Å². The highest BCUT2D eigenvalue weighted by molar-refractivity contribution is 6.08. The molecule has 1 aromatic heterocycles. The van der Waals surface area contributed by atoms with E-state index in [1.807, 2.05) is 43.3 Å². The summed E-state index contributed by atoms with van der Waals surface area (Å²) in [7, 11) is 1.55. The summed E-state index contributed by atoms with van der Waals surface area (Å²) < 4.78 is 0. The molecule has 0 fully saturated rings. The predicted molar refractivity (Wildman–Crippen MR) is 95.3 cm³/mol. The van der Waals surface area contributed by atoms with Gasteiger partial charge in [-0.15, -0.1) is 0 Å². The van der Waals surface area contributed by atoms with Crippen LogP contribution in [0.1, 0.15) is 35.4 Å². The second-order valence-corrected chi connectivity index (χ2v) is 6.16. The first-order chi connectivity index (χ1) is 12.2. The second kappa shape index (κ2) is 6.06. The summed E-state index contributed by atoms with van der Waals surface area (Å²) in [5.41, 5.74) is 4.88. The van der Waals surface area contributed by atoms with E-state index in [4.69, 9.17) is 9.68 Å². The van der Waals surface area contributed by atoms with Crippen molar-refractivity contribution in [1.29, 1.82) is 0 Å². The Morgan fingerprint density at radius 3 is 2.84 bits per heavy atom. The van der Waals surface area contributed by atoms with Gasteiger partial charge in [-0.25, -0.2) is 4.98 Å². The minimum Gasteiger partial charge on any atom is -0.399 e. The average molecular weight is 331 g/mol. The maximum atomic E-state index is 5.86.